The summed E-state index contributed by atoms with van der Waals surface area (Å²) in [5.41, 5.74) is -0.0884. The summed E-state index contributed by atoms with van der Waals surface area (Å²) in [6.45, 7) is 7.94. The van der Waals surface area contributed by atoms with Crippen molar-refractivity contribution in [3.63, 3.8) is 0 Å². The second-order valence-electron chi connectivity index (χ2n) is 8.66. The van der Waals surface area contributed by atoms with Crippen molar-refractivity contribution in [2.75, 3.05) is 5.75 Å². The Labute approximate surface area is 186 Å². The van der Waals surface area contributed by atoms with Gasteiger partial charge in [-0.25, -0.2) is 17.6 Å². The summed E-state index contributed by atoms with van der Waals surface area (Å²) < 4.78 is 44.5. The Kier molecular flexibility index (Phi) is 6.28. The lowest BCUT2D eigenvalue weighted by atomic mass is 10.0. The summed E-state index contributed by atoms with van der Waals surface area (Å²) >= 11 is 0. The quantitative estimate of drug-likeness (QED) is 0.218. The third-order valence-corrected chi connectivity index (χ3v) is 6.69. The maximum atomic E-state index is 13.6. The molecule has 2 heterocycles. The Hall–Kier alpha value is -3.01. The maximum absolute atomic E-state index is 13.6. The number of halogens is 1. The molecule has 1 fully saturated rings. The number of carbonyl (C=O) groups excluding carboxylic acids is 2. The maximum Gasteiger partial charge on any atom is 0.355 e. The van der Waals surface area contributed by atoms with Gasteiger partial charge in [-0.2, -0.15) is 0 Å². The topological polar surface area (TPSA) is 102 Å². The number of hydrogen-bond donors (Lipinski definition) is 0. The first-order valence-electron chi connectivity index (χ1n) is 9.91. The van der Waals surface area contributed by atoms with E-state index in [1.807, 2.05) is 0 Å². The monoisotopic (exact) mass is 464 g/mol. The van der Waals surface area contributed by atoms with Gasteiger partial charge in [0.25, 0.3) is 5.91 Å². The number of carbonyl (C=O) groups is 2. The molecule has 10 heteroatoms. The molecule has 1 amide bonds. The summed E-state index contributed by atoms with van der Waals surface area (Å²) in [6, 6.07) is 6.06. The van der Waals surface area contributed by atoms with Crippen molar-refractivity contribution in [2.24, 2.45) is 5.16 Å². The molecule has 172 valence electrons. The minimum Gasteiger partial charge on any atom is -0.455 e. The molecule has 32 heavy (non-hydrogen) atoms. The minimum atomic E-state index is -3.75. The average molecular weight is 465 g/mol. The zero-order valence-corrected chi connectivity index (χ0v) is 19.3. The summed E-state index contributed by atoms with van der Waals surface area (Å²) in [5.74, 6) is -2.18. The second kappa shape index (κ2) is 8.50. The number of β-lactam (4-membered cyclic amide) rings is 1. The van der Waals surface area contributed by atoms with Crippen molar-refractivity contribution in [1.29, 1.82) is 0 Å². The van der Waals surface area contributed by atoms with E-state index in [0.29, 0.717) is 5.56 Å². The lowest BCUT2D eigenvalue weighted by Crippen LogP contribution is -2.62. The lowest BCUT2D eigenvalue weighted by Gasteiger charge is -2.45. The molecule has 1 unspecified atom stereocenters. The average Bonchev–Trinajstić information content (AvgIpc) is 2.65. The first-order valence-corrected chi connectivity index (χ1v) is 11.6. The summed E-state index contributed by atoms with van der Waals surface area (Å²) in [6.07, 6.45) is 1.30. The Morgan fingerprint density at radius 1 is 1.31 bits per heavy atom. The largest absolute Gasteiger partial charge is 0.455 e. The zero-order valence-electron chi connectivity index (χ0n) is 18.5. The van der Waals surface area contributed by atoms with E-state index in [0.717, 1.165) is 4.90 Å². The third-order valence-electron chi connectivity index (χ3n) is 4.71. The highest BCUT2D eigenvalue weighted by Gasteiger charge is 2.56. The highest BCUT2D eigenvalue weighted by Crippen LogP contribution is 2.40. The molecule has 2 aliphatic rings. The molecule has 0 spiro atoms. The first-order chi connectivity index (χ1) is 14.8. The third kappa shape index (κ3) is 4.74. The number of rotatable bonds is 5. The number of esters is 1. The van der Waals surface area contributed by atoms with Gasteiger partial charge in [0.15, 0.2) is 15.2 Å². The molecule has 1 aromatic rings. The van der Waals surface area contributed by atoms with Crippen LogP contribution in [0, 0.1) is 5.82 Å². The Morgan fingerprint density at radius 2 is 1.97 bits per heavy atom. The van der Waals surface area contributed by atoms with Gasteiger partial charge in [-0.05, 0) is 52.3 Å². The highest BCUT2D eigenvalue weighted by molar-refractivity contribution is 7.92. The van der Waals surface area contributed by atoms with E-state index in [2.05, 4.69) is 5.16 Å². The summed E-state index contributed by atoms with van der Waals surface area (Å²) in [4.78, 5) is 31.5. The fourth-order valence-corrected chi connectivity index (χ4v) is 5.43. The van der Waals surface area contributed by atoms with Gasteiger partial charge in [0.1, 0.15) is 23.7 Å². The predicted octanol–water partition coefficient (Wildman–Crippen LogP) is 2.86. The van der Waals surface area contributed by atoms with E-state index >= 15 is 0 Å². The fourth-order valence-electron chi connectivity index (χ4n) is 3.45. The molecule has 1 saturated heterocycles. The smallest absolute Gasteiger partial charge is 0.355 e. The number of benzene rings is 1. The number of ether oxygens (including phenoxy) is 1. The molecule has 3 rings (SSSR count). The van der Waals surface area contributed by atoms with Crippen molar-refractivity contribution in [2.45, 2.75) is 52.2 Å². The van der Waals surface area contributed by atoms with Crippen molar-refractivity contribution in [3.8, 4) is 0 Å². The Bertz CT molecular complexity index is 1160. The van der Waals surface area contributed by atoms with Crippen LogP contribution in [0.5, 0.6) is 0 Å². The van der Waals surface area contributed by atoms with Crippen LogP contribution >= 0.6 is 0 Å². The van der Waals surface area contributed by atoms with Gasteiger partial charge in [0.2, 0.25) is 0 Å². The lowest BCUT2D eigenvalue weighted by molar-refractivity contribution is -0.155. The van der Waals surface area contributed by atoms with Crippen LogP contribution in [0.15, 0.2) is 52.3 Å². The van der Waals surface area contributed by atoms with Crippen LogP contribution in [0.4, 0.5) is 4.39 Å². The number of fused-ring (bicyclic) bond motifs is 1. The predicted molar refractivity (Wildman–Crippen MR) is 115 cm³/mol. The van der Waals surface area contributed by atoms with Crippen LogP contribution in [0.25, 0.3) is 0 Å². The molecule has 0 aliphatic carbocycles. The molecule has 1 aromatic carbocycles. The highest BCUT2D eigenvalue weighted by atomic mass is 32.2. The fraction of sp³-hybridized carbons (Fsp3) is 0.409. The summed E-state index contributed by atoms with van der Waals surface area (Å²) in [5, 5.41) is 2.53. The molecular formula is C22H25FN2O6S. The number of hydrogen-bond acceptors (Lipinski definition) is 7. The van der Waals surface area contributed by atoms with E-state index in [1.54, 1.807) is 39.0 Å². The van der Waals surface area contributed by atoms with E-state index in [-0.39, 0.29) is 34.9 Å². The molecule has 0 bridgehead atoms. The van der Waals surface area contributed by atoms with Gasteiger partial charge < -0.3 is 9.57 Å². The van der Waals surface area contributed by atoms with E-state index < -0.39 is 38.5 Å². The van der Waals surface area contributed by atoms with Gasteiger partial charge in [-0.15, -0.1) is 0 Å². The van der Waals surface area contributed by atoms with Crippen LogP contribution in [0.1, 0.15) is 40.2 Å². The van der Waals surface area contributed by atoms with Crippen LogP contribution < -0.4 is 0 Å². The van der Waals surface area contributed by atoms with E-state index in [1.165, 1.54) is 26.0 Å². The molecular weight excluding hydrogens is 439 g/mol. The van der Waals surface area contributed by atoms with Crippen LogP contribution in [0.2, 0.25) is 0 Å². The van der Waals surface area contributed by atoms with Crippen LogP contribution in [-0.4, -0.2) is 47.6 Å². The Balaban J connectivity index is 1.82. The number of nitrogens with zero attached hydrogens (tertiary/aromatic N) is 2. The molecule has 0 aromatic heterocycles. The number of amides is 1. The SMILES string of the molecule is CC1=C(C(=O)OC(C)(C)C)N2C(=O)/C(=C/C(C)=N/OCc3ccccc3F)C2S(=O)(=O)C1. The van der Waals surface area contributed by atoms with Crippen molar-refractivity contribution in [1.82, 2.24) is 4.90 Å². The van der Waals surface area contributed by atoms with E-state index in [4.69, 9.17) is 9.57 Å². The normalized spacial score (nSPS) is 21.9. The van der Waals surface area contributed by atoms with Gasteiger partial charge in [-0.1, -0.05) is 23.4 Å². The zero-order chi connectivity index (χ0) is 23.8. The molecule has 8 nitrogen and oxygen atoms in total. The van der Waals surface area contributed by atoms with Crippen LogP contribution in [0.3, 0.4) is 0 Å². The summed E-state index contributed by atoms with van der Waals surface area (Å²) in [7, 11) is -3.75. The standard InChI is InChI=1S/C22H25FN2O6S/c1-13-12-32(28,29)20-16(19(26)25(20)18(13)21(27)31-22(3,4)5)10-14(2)24-30-11-15-8-6-7-9-17(15)23/h6-10,20H,11-12H2,1-5H3/b16-10-,24-14+. The van der Waals surface area contributed by atoms with Gasteiger partial charge >= 0.3 is 5.97 Å². The first kappa shape index (κ1) is 23.6. The number of allylic oxidation sites excluding steroid dienone is 1. The van der Waals surface area contributed by atoms with Crippen molar-refractivity contribution in [3.05, 3.63) is 58.6 Å². The Morgan fingerprint density at radius 3 is 2.59 bits per heavy atom. The van der Waals surface area contributed by atoms with Crippen LogP contribution in [-0.2, 0) is 35.6 Å². The minimum absolute atomic E-state index is 0.0192. The molecule has 2 aliphatic heterocycles. The van der Waals surface area contributed by atoms with Crippen molar-refractivity contribution < 1.29 is 32.0 Å². The molecule has 0 N–H and O–H groups in total. The number of oxime groups is 1. The van der Waals surface area contributed by atoms with E-state index in [9.17, 15) is 22.4 Å². The molecule has 1 atom stereocenters. The molecule has 0 radical (unpaired) electrons. The van der Waals surface area contributed by atoms with Gasteiger partial charge in [0, 0.05) is 5.56 Å². The molecule has 0 saturated carbocycles. The number of sulfone groups is 1. The van der Waals surface area contributed by atoms with Gasteiger partial charge in [0.05, 0.1) is 17.0 Å². The van der Waals surface area contributed by atoms with Gasteiger partial charge in [-0.3, -0.25) is 9.69 Å². The second-order valence-corrected chi connectivity index (χ2v) is 10.7. The van der Waals surface area contributed by atoms with Crippen molar-refractivity contribution >= 4 is 27.4 Å².